The average Bonchev–Trinajstić information content (AvgIpc) is 2.92. The third-order valence-corrected chi connectivity index (χ3v) is 4.26. The maximum Gasteiger partial charge on any atom is 0.301 e. The van der Waals surface area contributed by atoms with Crippen LogP contribution >= 0.6 is 11.6 Å². The summed E-state index contributed by atoms with van der Waals surface area (Å²) in [5, 5.41) is 11.4. The molecule has 3 aromatic rings. The van der Waals surface area contributed by atoms with Gasteiger partial charge in [0.1, 0.15) is 10.9 Å². The van der Waals surface area contributed by atoms with Crippen molar-refractivity contribution in [2.45, 2.75) is 20.8 Å². The van der Waals surface area contributed by atoms with E-state index in [1.165, 1.54) is 4.68 Å². The summed E-state index contributed by atoms with van der Waals surface area (Å²) in [6.07, 6.45) is 0. The number of benzene rings is 1. The molecule has 0 aliphatic rings. The SMILES string of the molecule is COc1ccc(N=Nc2c(C)[nH]n(-c3nc(C)c(C)c(Cl)n3)c2=O)cc1. The number of rotatable bonds is 4. The molecule has 0 aliphatic heterocycles. The molecule has 0 radical (unpaired) electrons. The summed E-state index contributed by atoms with van der Waals surface area (Å²) in [7, 11) is 1.59. The topological polar surface area (TPSA) is 97.5 Å². The van der Waals surface area contributed by atoms with Crippen LogP contribution in [-0.4, -0.2) is 26.9 Å². The van der Waals surface area contributed by atoms with Gasteiger partial charge in [-0.1, -0.05) is 11.6 Å². The molecule has 0 bridgehead atoms. The van der Waals surface area contributed by atoms with Gasteiger partial charge in [0, 0.05) is 11.3 Å². The lowest BCUT2D eigenvalue weighted by Gasteiger charge is -2.05. The van der Waals surface area contributed by atoms with E-state index in [1.807, 2.05) is 6.92 Å². The van der Waals surface area contributed by atoms with E-state index >= 15 is 0 Å². The summed E-state index contributed by atoms with van der Waals surface area (Å²) in [5.74, 6) is 0.880. The predicted octanol–water partition coefficient (Wildman–Crippen LogP) is 3.96. The van der Waals surface area contributed by atoms with Crippen molar-refractivity contribution in [3.8, 4) is 11.7 Å². The molecule has 8 nitrogen and oxygen atoms in total. The fourth-order valence-corrected chi connectivity index (χ4v) is 2.45. The van der Waals surface area contributed by atoms with Gasteiger partial charge in [0.15, 0.2) is 5.69 Å². The molecule has 0 unspecified atom stereocenters. The molecule has 0 amide bonds. The molecule has 134 valence electrons. The number of methoxy groups -OCH3 is 1. The molecule has 0 saturated carbocycles. The van der Waals surface area contributed by atoms with Gasteiger partial charge in [-0.15, -0.1) is 5.11 Å². The largest absolute Gasteiger partial charge is 0.497 e. The van der Waals surface area contributed by atoms with Crippen LogP contribution in [-0.2, 0) is 0 Å². The molecule has 0 fully saturated rings. The number of ether oxygens (including phenoxy) is 1. The first-order valence-corrected chi connectivity index (χ1v) is 8.17. The summed E-state index contributed by atoms with van der Waals surface area (Å²) >= 11 is 6.10. The Kier molecular flexibility index (Phi) is 4.85. The monoisotopic (exact) mass is 372 g/mol. The molecule has 3 rings (SSSR count). The van der Waals surface area contributed by atoms with Gasteiger partial charge >= 0.3 is 5.56 Å². The van der Waals surface area contributed by atoms with Gasteiger partial charge in [0.2, 0.25) is 0 Å². The van der Waals surface area contributed by atoms with Crippen molar-refractivity contribution in [2.75, 3.05) is 7.11 Å². The molecule has 0 saturated heterocycles. The Bertz CT molecular complexity index is 1010. The number of halogens is 1. The van der Waals surface area contributed by atoms with Gasteiger partial charge in [0.05, 0.1) is 18.5 Å². The van der Waals surface area contributed by atoms with E-state index in [1.54, 1.807) is 45.2 Å². The van der Waals surface area contributed by atoms with Crippen LogP contribution in [0.4, 0.5) is 11.4 Å². The molecule has 2 heterocycles. The van der Waals surface area contributed by atoms with E-state index < -0.39 is 5.56 Å². The molecule has 26 heavy (non-hydrogen) atoms. The zero-order valence-electron chi connectivity index (χ0n) is 14.7. The first kappa shape index (κ1) is 17.8. The fraction of sp³-hybridized carbons (Fsp3) is 0.235. The van der Waals surface area contributed by atoms with E-state index in [9.17, 15) is 4.79 Å². The molecule has 1 N–H and O–H groups in total. The second-order valence-electron chi connectivity index (χ2n) is 5.65. The smallest absolute Gasteiger partial charge is 0.301 e. The molecule has 0 aliphatic carbocycles. The van der Waals surface area contributed by atoms with Crippen molar-refractivity contribution in [1.29, 1.82) is 0 Å². The average molecular weight is 373 g/mol. The number of nitrogens with one attached hydrogen (secondary N) is 1. The van der Waals surface area contributed by atoms with Gasteiger partial charge in [-0.2, -0.15) is 14.8 Å². The highest BCUT2D eigenvalue weighted by atomic mass is 35.5. The standard InChI is InChI=1S/C17H17ClN6O2/c1-9-10(2)19-17(20-15(9)18)24-16(25)14(11(3)23-24)22-21-12-5-7-13(26-4)8-6-12/h5-8,23H,1-4H3. The minimum Gasteiger partial charge on any atom is -0.497 e. The van der Waals surface area contributed by atoms with Gasteiger partial charge in [-0.05, 0) is 45.0 Å². The number of nitrogens with zero attached hydrogens (tertiary/aromatic N) is 5. The van der Waals surface area contributed by atoms with Crippen molar-refractivity contribution < 1.29 is 4.74 Å². The third-order valence-electron chi connectivity index (χ3n) is 3.90. The lowest BCUT2D eigenvalue weighted by atomic mass is 10.3. The number of aromatic amines is 1. The van der Waals surface area contributed by atoms with E-state index in [-0.39, 0.29) is 11.6 Å². The number of H-pyrrole nitrogens is 1. The molecule has 9 heteroatoms. The lowest BCUT2D eigenvalue weighted by molar-refractivity contribution is 0.415. The summed E-state index contributed by atoms with van der Waals surface area (Å²) < 4.78 is 6.30. The van der Waals surface area contributed by atoms with Crippen LogP contribution in [0.2, 0.25) is 5.15 Å². The van der Waals surface area contributed by atoms with Gasteiger partial charge in [-0.25, -0.2) is 4.98 Å². The van der Waals surface area contributed by atoms with Crippen LogP contribution in [0.3, 0.4) is 0 Å². The van der Waals surface area contributed by atoms with E-state index in [0.717, 1.165) is 5.56 Å². The molecule has 0 atom stereocenters. The van der Waals surface area contributed by atoms with E-state index in [4.69, 9.17) is 16.3 Å². The molecule has 0 spiro atoms. The Balaban J connectivity index is 1.98. The summed E-state index contributed by atoms with van der Waals surface area (Å²) in [6, 6.07) is 7.02. The Morgan fingerprint density at radius 2 is 1.81 bits per heavy atom. The maximum absolute atomic E-state index is 12.7. The third kappa shape index (κ3) is 3.36. The Morgan fingerprint density at radius 3 is 2.42 bits per heavy atom. The van der Waals surface area contributed by atoms with Crippen molar-refractivity contribution in [3.05, 3.63) is 56.7 Å². The highest BCUT2D eigenvalue weighted by molar-refractivity contribution is 6.30. The van der Waals surface area contributed by atoms with Gasteiger partial charge in [0.25, 0.3) is 5.95 Å². The number of hydrogen-bond acceptors (Lipinski definition) is 6. The van der Waals surface area contributed by atoms with E-state index in [0.29, 0.717) is 28.0 Å². The number of aryl methyl sites for hydroxylation is 2. The van der Waals surface area contributed by atoms with Crippen LogP contribution in [0.1, 0.15) is 17.0 Å². The van der Waals surface area contributed by atoms with Crippen LogP contribution in [0.15, 0.2) is 39.3 Å². The second-order valence-corrected chi connectivity index (χ2v) is 6.01. The highest BCUT2D eigenvalue weighted by Gasteiger charge is 2.16. The lowest BCUT2D eigenvalue weighted by Crippen LogP contribution is -2.18. The van der Waals surface area contributed by atoms with Gasteiger partial charge < -0.3 is 4.74 Å². The second kappa shape index (κ2) is 7.09. The zero-order valence-corrected chi connectivity index (χ0v) is 15.5. The summed E-state index contributed by atoms with van der Waals surface area (Å²) in [5.41, 5.74) is 2.39. The molecule has 1 aromatic carbocycles. The Labute approximate surface area is 154 Å². The van der Waals surface area contributed by atoms with Crippen molar-refractivity contribution in [3.63, 3.8) is 0 Å². The summed E-state index contributed by atoms with van der Waals surface area (Å²) in [6.45, 7) is 5.35. The number of hydrogen-bond donors (Lipinski definition) is 1. The summed E-state index contributed by atoms with van der Waals surface area (Å²) in [4.78, 5) is 21.1. The number of azo groups is 1. The first-order chi connectivity index (χ1) is 12.4. The minimum absolute atomic E-state index is 0.164. The molecule has 2 aromatic heterocycles. The van der Waals surface area contributed by atoms with Crippen LogP contribution in [0, 0.1) is 20.8 Å². The normalized spacial score (nSPS) is 11.3. The fourth-order valence-electron chi connectivity index (χ4n) is 2.23. The quantitative estimate of drug-likeness (QED) is 0.553. The number of aromatic nitrogens is 4. The Morgan fingerprint density at radius 1 is 1.12 bits per heavy atom. The highest BCUT2D eigenvalue weighted by Crippen LogP contribution is 2.22. The predicted molar refractivity (Wildman–Crippen MR) is 98.4 cm³/mol. The van der Waals surface area contributed by atoms with Crippen LogP contribution in [0.5, 0.6) is 5.75 Å². The molecular formula is C17H17ClN6O2. The minimum atomic E-state index is -0.404. The van der Waals surface area contributed by atoms with Crippen LogP contribution in [0.25, 0.3) is 5.95 Å². The van der Waals surface area contributed by atoms with Crippen molar-refractivity contribution >= 4 is 23.0 Å². The van der Waals surface area contributed by atoms with E-state index in [2.05, 4.69) is 25.3 Å². The van der Waals surface area contributed by atoms with Crippen molar-refractivity contribution in [2.24, 2.45) is 10.2 Å². The Hall–Kier alpha value is -3.00. The van der Waals surface area contributed by atoms with Crippen molar-refractivity contribution in [1.82, 2.24) is 19.7 Å². The maximum atomic E-state index is 12.7. The molecular weight excluding hydrogens is 356 g/mol. The first-order valence-electron chi connectivity index (χ1n) is 7.79. The van der Waals surface area contributed by atoms with Crippen LogP contribution < -0.4 is 10.3 Å². The van der Waals surface area contributed by atoms with Gasteiger partial charge in [-0.3, -0.25) is 9.89 Å². The zero-order chi connectivity index (χ0) is 18.8.